The van der Waals surface area contributed by atoms with E-state index in [4.69, 9.17) is 0 Å². The van der Waals surface area contributed by atoms with Gasteiger partial charge in [0.15, 0.2) is 5.16 Å². The lowest BCUT2D eigenvalue weighted by molar-refractivity contribution is -0.117. The number of nitrogens with zero attached hydrogens (tertiary/aromatic N) is 2. The quantitative estimate of drug-likeness (QED) is 0.451. The molecule has 0 saturated heterocycles. The molecule has 2 heterocycles. The Morgan fingerprint density at radius 2 is 2.35 bits per heavy atom. The molecule has 1 aromatic heterocycles. The molecule has 1 aliphatic rings. The van der Waals surface area contributed by atoms with Crippen LogP contribution in [-0.4, -0.2) is 45.5 Å². The van der Waals surface area contributed by atoms with Crippen LogP contribution in [0.5, 0.6) is 0 Å². The Bertz CT molecular complexity index is 527. The molecule has 0 saturated carbocycles. The third-order valence-electron chi connectivity index (χ3n) is 2.75. The number of thioether (sulfide) groups is 1. The van der Waals surface area contributed by atoms with Crippen molar-refractivity contribution in [3.05, 3.63) is 17.6 Å². The highest BCUT2D eigenvalue weighted by molar-refractivity contribution is 7.99. The summed E-state index contributed by atoms with van der Waals surface area (Å²) < 4.78 is 0. The molecule has 8 nitrogen and oxygen atoms in total. The van der Waals surface area contributed by atoms with E-state index in [-0.39, 0.29) is 18.0 Å². The Balaban J connectivity index is 1.82. The SMILES string of the molecule is CC1=C(C(=O)NCCSc2ncn[nH]2)C(C)NC(=O)N1. The van der Waals surface area contributed by atoms with Crippen molar-refractivity contribution >= 4 is 23.7 Å². The van der Waals surface area contributed by atoms with Gasteiger partial charge in [0.2, 0.25) is 0 Å². The highest BCUT2D eigenvalue weighted by Crippen LogP contribution is 2.12. The molecule has 1 aliphatic heterocycles. The number of amides is 3. The number of urea groups is 1. The number of carbonyl (C=O) groups is 2. The van der Waals surface area contributed by atoms with Gasteiger partial charge in [-0.15, -0.1) is 0 Å². The molecule has 2 rings (SSSR count). The largest absolute Gasteiger partial charge is 0.351 e. The summed E-state index contributed by atoms with van der Waals surface area (Å²) in [6.45, 7) is 4.00. The normalized spacial score (nSPS) is 18.5. The van der Waals surface area contributed by atoms with Crippen LogP contribution in [0.15, 0.2) is 22.8 Å². The molecule has 0 aromatic carbocycles. The molecule has 3 amide bonds. The number of rotatable bonds is 5. The van der Waals surface area contributed by atoms with Crippen LogP contribution < -0.4 is 16.0 Å². The average Bonchev–Trinajstić information content (AvgIpc) is 2.86. The van der Waals surface area contributed by atoms with Gasteiger partial charge in [-0.1, -0.05) is 11.8 Å². The number of allylic oxidation sites excluding steroid dienone is 1. The van der Waals surface area contributed by atoms with Gasteiger partial charge in [-0.2, -0.15) is 5.10 Å². The summed E-state index contributed by atoms with van der Waals surface area (Å²) in [6.07, 6.45) is 1.44. The molecule has 0 bridgehead atoms. The standard InChI is InChI=1S/C11H16N6O2S/c1-6-8(7(2)16-10(19)15-6)9(18)12-3-4-20-11-13-5-14-17-11/h5-6H,3-4H2,1-2H3,(H,12,18)(H,13,14,17)(H2,15,16,19). The minimum absolute atomic E-state index is 0.180. The Hall–Kier alpha value is -2.03. The van der Waals surface area contributed by atoms with Crippen LogP contribution in [0.25, 0.3) is 0 Å². The first kappa shape index (κ1) is 14.4. The average molecular weight is 296 g/mol. The molecule has 1 aromatic rings. The van der Waals surface area contributed by atoms with E-state index in [1.54, 1.807) is 13.8 Å². The van der Waals surface area contributed by atoms with Crippen LogP contribution >= 0.6 is 11.8 Å². The fourth-order valence-corrected chi connectivity index (χ4v) is 2.54. The lowest BCUT2D eigenvalue weighted by Crippen LogP contribution is -2.50. The zero-order valence-corrected chi connectivity index (χ0v) is 12.0. The predicted octanol–water partition coefficient (Wildman–Crippen LogP) is -0.0117. The first-order valence-electron chi connectivity index (χ1n) is 6.12. The number of aromatic amines is 1. The zero-order valence-electron chi connectivity index (χ0n) is 11.2. The van der Waals surface area contributed by atoms with Crippen LogP contribution in [0.3, 0.4) is 0 Å². The molecule has 20 heavy (non-hydrogen) atoms. The topological polar surface area (TPSA) is 112 Å². The zero-order chi connectivity index (χ0) is 14.5. The monoisotopic (exact) mass is 296 g/mol. The molecule has 9 heteroatoms. The molecule has 0 fully saturated rings. The molecule has 0 radical (unpaired) electrons. The fraction of sp³-hybridized carbons (Fsp3) is 0.455. The van der Waals surface area contributed by atoms with E-state index in [1.807, 2.05) is 0 Å². The van der Waals surface area contributed by atoms with Crippen molar-refractivity contribution in [3.63, 3.8) is 0 Å². The van der Waals surface area contributed by atoms with Gasteiger partial charge in [-0.25, -0.2) is 9.78 Å². The molecule has 1 atom stereocenters. The van der Waals surface area contributed by atoms with E-state index >= 15 is 0 Å². The highest BCUT2D eigenvalue weighted by Gasteiger charge is 2.26. The van der Waals surface area contributed by atoms with E-state index < -0.39 is 0 Å². The second-order valence-corrected chi connectivity index (χ2v) is 5.34. The third kappa shape index (κ3) is 3.50. The number of nitrogens with one attached hydrogen (secondary N) is 4. The van der Waals surface area contributed by atoms with Gasteiger partial charge in [0, 0.05) is 18.0 Å². The number of H-pyrrole nitrogens is 1. The van der Waals surface area contributed by atoms with Gasteiger partial charge in [0.05, 0.1) is 11.6 Å². The molecule has 108 valence electrons. The summed E-state index contributed by atoms with van der Waals surface area (Å²) in [4.78, 5) is 27.3. The molecule has 0 aliphatic carbocycles. The summed E-state index contributed by atoms with van der Waals surface area (Å²) in [7, 11) is 0. The first-order chi connectivity index (χ1) is 9.58. The van der Waals surface area contributed by atoms with Crippen LogP contribution in [0, 0.1) is 0 Å². The van der Waals surface area contributed by atoms with Crippen LogP contribution in [0.2, 0.25) is 0 Å². The summed E-state index contributed by atoms with van der Waals surface area (Å²) in [5, 5.41) is 15.3. The number of carbonyl (C=O) groups excluding carboxylic acids is 2. The summed E-state index contributed by atoms with van der Waals surface area (Å²) in [6, 6.07) is -0.585. The van der Waals surface area contributed by atoms with Crippen molar-refractivity contribution < 1.29 is 9.59 Å². The lowest BCUT2D eigenvalue weighted by atomic mass is 10.0. The van der Waals surface area contributed by atoms with Crippen molar-refractivity contribution in [2.75, 3.05) is 12.3 Å². The number of hydrogen-bond donors (Lipinski definition) is 4. The number of hydrogen-bond acceptors (Lipinski definition) is 5. The van der Waals surface area contributed by atoms with Gasteiger partial charge in [-0.3, -0.25) is 9.89 Å². The van der Waals surface area contributed by atoms with Crippen molar-refractivity contribution in [1.29, 1.82) is 0 Å². The minimum atomic E-state index is -0.300. The van der Waals surface area contributed by atoms with Gasteiger partial charge in [0.25, 0.3) is 5.91 Å². The Labute approximate surface area is 120 Å². The fourth-order valence-electron chi connectivity index (χ4n) is 1.91. The van der Waals surface area contributed by atoms with Crippen molar-refractivity contribution in [2.24, 2.45) is 0 Å². The van der Waals surface area contributed by atoms with Gasteiger partial charge >= 0.3 is 6.03 Å². The lowest BCUT2D eigenvalue weighted by Gasteiger charge is -2.25. The van der Waals surface area contributed by atoms with E-state index in [9.17, 15) is 9.59 Å². The van der Waals surface area contributed by atoms with Gasteiger partial charge in [0.1, 0.15) is 6.33 Å². The molecule has 4 N–H and O–H groups in total. The molecule has 1 unspecified atom stereocenters. The van der Waals surface area contributed by atoms with Crippen molar-refractivity contribution in [1.82, 2.24) is 31.1 Å². The van der Waals surface area contributed by atoms with E-state index in [0.717, 1.165) is 5.16 Å². The number of aromatic nitrogens is 3. The Kier molecular flexibility index (Phi) is 4.61. The van der Waals surface area contributed by atoms with Crippen LogP contribution in [0.4, 0.5) is 4.79 Å². The predicted molar refractivity (Wildman–Crippen MR) is 73.9 cm³/mol. The third-order valence-corrected chi connectivity index (χ3v) is 3.63. The molecular formula is C11H16N6O2S. The maximum atomic E-state index is 12.1. The second-order valence-electron chi connectivity index (χ2n) is 4.25. The van der Waals surface area contributed by atoms with Crippen LogP contribution in [0.1, 0.15) is 13.8 Å². The van der Waals surface area contributed by atoms with E-state index in [0.29, 0.717) is 23.6 Å². The van der Waals surface area contributed by atoms with Gasteiger partial charge in [-0.05, 0) is 13.8 Å². The van der Waals surface area contributed by atoms with Gasteiger partial charge < -0.3 is 16.0 Å². The van der Waals surface area contributed by atoms with Crippen molar-refractivity contribution in [2.45, 2.75) is 25.0 Å². The smallest absolute Gasteiger partial charge is 0.319 e. The Morgan fingerprint density at radius 1 is 1.55 bits per heavy atom. The maximum absolute atomic E-state index is 12.1. The first-order valence-corrected chi connectivity index (χ1v) is 7.11. The summed E-state index contributed by atoms with van der Waals surface area (Å²) in [5.41, 5.74) is 1.14. The second kappa shape index (κ2) is 6.42. The summed E-state index contributed by atoms with van der Waals surface area (Å²) >= 11 is 1.47. The minimum Gasteiger partial charge on any atom is -0.351 e. The highest BCUT2D eigenvalue weighted by atomic mass is 32.2. The van der Waals surface area contributed by atoms with E-state index in [1.165, 1.54) is 18.1 Å². The Morgan fingerprint density at radius 3 is 3.00 bits per heavy atom. The molecular weight excluding hydrogens is 280 g/mol. The summed E-state index contributed by atoms with van der Waals surface area (Å²) in [5.74, 6) is 0.502. The van der Waals surface area contributed by atoms with E-state index in [2.05, 4.69) is 31.1 Å². The molecule has 0 spiro atoms. The van der Waals surface area contributed by atoms with Crippen molar-refractivity contribution in [3.8, 4) is 0 Å². The van der Waals surface area contributed by atoms with Crippen LogP contribution in [-0.2, 0) is 4.79 Å². The maximum Gasteiger partial charge on any atom is 0.319 e.